The Balaban J connectivity index is 1.55. The van der Waals surface area contributed by atoms with Gasteiger partial charge in [-0.2, -0.15) is 9.61 Å². The van der Waals surface area contributed by atoms with Gasteiger partial charge in [-0.15, -0.1) is 10.2 Å². The summed E-state index contributed by atoms with van der Waals surface area (Å²) >= 11 is 0. The highest BCUT2D eigenvalue weighted by molar-refractivity contribution is 6.39. The summed E-state index contributed by atoms with van der Waals surface area (Å²) in [4.78, 5) is 38.5. The second-order valence-corrected chi connectivity index (χ2v) is 7.92. The van der Waals surface area contributed by atoms with Crippen molar-refractivity contribution in [2.24, 2.45) is 0 Å². The Labute approximate surface area is 192 Å². The van der Waals surface area contributed by atoms with Crippen LogP contribution in [0.4, 0.5) is 8.78 Å². The average Bonchev–Trinajstić information content (AvgIpc) is 3.26. The molecule has 1 saturated heterocycles. The molecule has 3 aromatic rings. The number of halogens is 2. The summed E-state index contributed by atoms with van der Waals surface area (Å²) in [5.74, 6) is -3.49. The van der Waals surface area contributed by atoms with E-state index in [2.05, 4.69) is 20.0 Å². The van der Waals surface area contributed by atoms with Crippen molar-refractivity contribution < 1.29 is 32.6 Å². The Morgan fingerprint density at radius 2 is 1.76 bits per heavy atom. The number of benzene rings is 1. The molecule has 0 bridgehead atoms. The van der Waals surface area contributed by atoms with Gasteiger partial charge >= 0.3 is 11.8 Å². The smallest absolute Gasteiger partial charge is 0.382 e. The zero-order chi connectivity index (χ0) is 24.5. The normalized spacial score (nSPS) is 15.2. The first-order chi connectivity index (χ1) is 16.2. The molecule has 12 heteroatoms. The lowest BCUT2D eigenvalue weighted by molar-refractivity contribution is -0.135. The van der Waals surface area contributed by atoms with E-state index in [1.807, 2.05) is 0 Å². The van der Waals surface area contributed by atoms with E-state index in [0.717, 1.165) is 11.6 Å². The third-order valence-corrected chi connectivity index (χ3v) is 5.74. The van der Waals surface area contributed by atoms with Crippen molar-refractivity contribution >= 4 is 23.3 Å². The third kappa shape index (κ3) is 4.43. The van der Waals surface area contributed by atoms with E-state index >= 15 is 4.39 Å². The molecule has 1 aliphatic rings. The minimum atomic E-state index is -1.54. The topological polar surface area (TPSA) is 116 Å². The number of fused-ring (bicyclic) bond motifs is 1. The van der Waals surface area contributed by atoms with Gasteiger partial charge in [0.2, 0.25) is 5.82 Å². The predicted octanol–water partition coefficient (Wildman–Crippen LogP) is 1.81. The first kappa shape index (κ1) is 23.2. The van der Waals surface area contributed by atoms with Gasteiger partial charge in [0.1, 0.15) is 11.5 Å². The minimum absolute atomic E-state index is 0.0827. The van der Waals surface area contributed by atoms with Gasteiger partial charge < -0.3 is 14.4 Å². The zero-order valence-corrected chi connectivity index (χ0v) is 18.5. The number of Topliss-reactive ketones (excluding diaryl/α,β-unsaturated/α-hetero) is 1. The fourth-order valence-electron chi connectivity index (χ4n) is 3.85. The van der Waals surface area contributed by atoms with Crippen LogP contribution in [-0.4, -0.2) is 75.3 Å². The van der Waals surface area contributed by atoms with Crippen molar-refractivity contribution in [2.45, 2.75) is 24.9 Å². The van der Waals surface area contributed by atoms with Crippen LogP contribution >= 0.6 is 0 Å². The molecule has 0 unspecified atom stereocenters. The van der Waals surface area contributed by atoms with Crippen molar-refractivity contribution in [1.82, 2.24) is 24.7 Å². The molecule has 1 aliphatic heterocycles. The van der Waals surface area contributed by atoms with Crippen LogP contribution in [0.5, 0.6) is 5.75 Å². The molecule has 0 spiro atoms. The van der Waals surface area contributed by atoms with Crippen molar-refractivity contribution in [3.8, 4) is 5.75 Å². The van der Waals surface area contributed by atoms with Crippen LogP contribution in [0.25, 0.3) is 5.65 Å². The van der Waals surface area contributed by atoms with Crippen LogP contribution in [0, 0.1) is 5.82 Å². The Hall–Kier alpha value is -3.96. The molecule has 1 aromatic carbocycles. The molecule has 0 atom stereocenters. The average molecular weight is 473 g/mol. The SMILES string of the molecule is COC(=O)C(=O)c1nnc2cc(OC)c(C(=O)N3CCC(F)(Cc4ccc(F)cc4)CC3)nn12. The van der Waals surface area contributed by atoms with Crippen LogP contribution in [0.15, 0.2) is 30.3 Å². The number of methoxy groups -OCH3 is 2. The number of alkyl halides is 1. The van der Waals surface area contributed by atoms with Gasteiger partial charge in [0, 0.05) is 25.6 Å². The van der Waals surface area contributed by atoms with Crippen molar-refractivity contribution in [2.75, 3.05) is 27.3 Å². The maximum Gasteiger partial charge on any atom is 0.382 e. The van der Waals surface area contributed by atoms with E-state index in [-0.39, 0.29) is 55.3 Å². The number of amides is 1. The molecule has 3 heterocycles. The van der Waals surface area contributed by atoms with Crippen LogP contribution in [0.2, 0.25) is 0 Å². The summed E-state index contributed by atoms with van der Waals surface area (Å²) in [5.41, 5.74) is -0.919. The first-order valence-electron chi connectivity index (χ1n) is 10.4. The Kier molecular flexibility index (Phi) is 6.22. The maximum absolute atomic E-state index is 15.4. The number of rotatable bonds is 6. The molecule has 0 radical (unpaired) electrons. The van der Waals surface area contributed by atoms with E-state index in [9.17, 15) is 18.8 Å². The fourth-order valence-corrected chi connectivity index (χ4v) is 3.85. The lowest BCUT2D eigenvalue weighted by Crippen LogP contribution is -2.46. The zero-order valence-electron chi connectivity index (χ0n) is 18.5. The quantitative estimate of drug-likeness (QED) is 0.302. The van der Waals surface area contributed by atoms with Gasteiger partial charge in [-0.05, 0) is 30.5 Å². The molecule has 1 amide bonds. The Morgan fingerprint density at radius 1 is 1.09 bits per heavy atom. The number of likely N-dealkylation sites (tertiary alicyclic amines) is 1. The summed E-state index contributed by atoms with van der Waals surface area (Å²) in [6.45, 7) is 0.241. The molecular formula is C22H21F2N5O5. The van der Waals surface area contributed by atoms with Gasteiger partial charge in [0.25, 0.3) is 5.91 Å². The number of hydrogen-bond acceptors (Lipinski definition) is 8. The summed E-state index contributed by atoms with van der Waals surface area (Å²) in [5, 5.41) is 11.6. The first-order valence-corrected chi connectivity index (χ1v) is 10.4. The van der Waals surface area contributed by atoms with Crippen LogP contribution in [0.3, 0.4) is 0 Å². The highest BCUT2D eigenvalue weighted by Gasteiger charge is 2.37. The van der Waals surface area contributed by atoms with Gasteiger partial charge in [0.05, 0.1) is 14.2 Å². The number of carbonyl (C=O) groups is 3. The number of nitrogens with zero attached hydrogens (tertiary/aromatic N) is 5. The number of hydrogen-bond donors (Lipinski definition) is 0. The molecule has 4 rings (SSSR count). The highest BCUT2D eigenvalue weighted by Crippen LogP contribution is 2.32. The predicted molar refractivity (Wildman–Crippen MR) is 113 cm³/mol. The molecule has 2 aromatic heterocycles. The van der Waals surface area contributed by atoms with E-state index in [1.54, 1.807) is 12.1 Å². The molecule has 34 heavy (non-hydrogen) atoms. The second kappa shape index (κ2) is 9.12. The van der Waals surface area contributed by atoms with Crippen LogP contribution in [-0.2, 0) is 16.0 Å². The monoisotopic (exact) mass is 473 g/mol. The molecule has 0 aliphatic carbocycles. The van der Waals surface area contributed by atoms with Crippen molar-refractivity contribution in [1.29, 1.82) is 0 Å². The fraction of sp³-hybridized carbons (Fsp3) is 0.364. The van der Waals surface area contributed by atoms with Crippen molar-refractivity contribution in [3.63, 3.8) is 0 Å². The molecule has 178 valence electrons. The summed E-state index contributed by atoms with van der Waals surface area (Å²) in [6, 6.07) is 7.03. The van der Waals surface area contributed by atoms with E-state index in [0.29, 0.717) is 5.56 Å². The summed E-state index contributed by atoms with van der Waals surface area (Å²) in [7, 11) is 2.39. The Morgan fingerprint density at radius 3 is 2.38 bits per heavy atom. The van der Waals surface area contributed by atoms with Crippen LogP contribution in [0.1, 0.15) is 39.5 Å². The maximum atomic E-state index is 15.4. The lowest BCUT2D eigenvalue weighted by Gasteiger charge is -2.36. The Bertz CT molecular complexity index is 1250. The van der Waals surface area contributed by atoms with Gasteiger partial charge in [-0.3, -0.25) is 9.59 Å². The number of aromatic nitrogens is 4. The van der Waals surface area contributed by atoms with Gasteiger partial charge in [0.15, 0.2) is 17.1 Å². The number of esters is 1. The molecule has 1 fully saturated rings. The van der Waals surface area contributed by atoms with Crippen molar-refractivity contribution in [3.05, 3.63) is 53.2 Å². The summed E-state index contributed by atoms with van der Waals surface area (Å²) < 4.78 is 39.2. The molecule has 0 saturated carbocycles. The summed E-state index contributed by atoms with van der Waals surface area (Å²) in [6.07, 6.45) is 0.279. The van der Waals surface area contributed by atoms with E-state index < -0.39 is 29.2 Å². The van der Waals surface area contributed by atoms with Crippen LogP contribution < -0.4 is 4.74 Å². The second-order valence-electron chi connectivity index (χ2n) is 7.92. The molecule has 10 nitrogen and oxygen atoms in total. The molecule has 0 N–H and O–H groups in total. The van der Waals surface area contributed by atoms with E-state index in [1.165, 1.54) is 30.2 Å². The largest absolute Gasteiger partial charge is 0.494 e. The highest BCUT2D eigenvalue weighted by atomic mass is 19.1. The van der Waals surface area contributed by atoms with Gasteiger partial charge in [-0.25, -0.2) is 13.6 Å². The lowest BCUT2D eigenvalue weighted by atomic mass is 9.87. The van der Waals surface area contributed by atoms with E-state index in [4.69, 9.17) is 4.74 Å². The number of ketones is 1. The minimum Gasteiger partial charge on any atom is -0.494 e. The third-order valence-electron chi connectivity index (χ3n) is 5.74. The number of piperidine rings is 1. The molecular weight excluding hydrogens is 452 g/mol. The number of carbonyl (C=O) groups excluding carboxylic acids is 3. The van der Waals surface area contributed by atoms with Gasteiger partial charge in [-0.1, -0.05) is 12.1 Å². The standard InChI is InChI=1S/C22H21F2N5O5/c1-33-15-11-16-25-26-19(18(30)21(32)34-2)29(16)27-17(15)20(31)28-9-7-22(24,8-10-28)12-13-3-5-14(23)6-4-13/h3-6,11H,7-10,12H2,1-2H3. The number of ether oxygens (including phenoxy) is 2.